The first-order valence-electron chi connectivity index (χ1n) is 7.28. The Bertz CT molecular complexity index is 561. The molecule has 0 aliphatic heterocycles. The van der Waals surface area contributed by atoms with E-state index in [0.29, 0.717) is 12.8 Å². The Labute approximate surface area is 126 Å². The van der Waals surface area contributed by atoms with Crippen LogP contribution in [-0.2, 0) is 0 Å². The molecule has 0 aliphatic carbocycles. The molecule has 2 aromatic rings. The lowest BCUT2D eigenvalue weighted by Gasteiger charge is -2.12. The van der Waals surface area contributed by atoms with Gasteiger partial charge in [-0.25, -0.2) is 0 Å². The molecule has 0 aliphatic rings. The highest BCUT2D eigenvalue weighted by molar-refractivity contribution is 5.20. The largest absolute Gasteiger partial charge is 0.388 e. The molecule has 0 heterocycles. The molecule has 0 radical (unpaired) electrons. The van der Waals surface area contributed by atoms with E-state index in [1.54, 1.807) is 0 Å². The third kappa shape index (κ3) is 4.85. The smallest absolute Gasteiger partial charge is 0.0827 e. The predicted molar refractivity (Wildman–Crippen MR) is 85.8 cm³/mol. The van der Waals surface area contributed by atoms with Gasteiger partial charge in [-0.2, -0.15) is 0 Å². The number of benzene rings is 2. The zero-order chi connectivity index (χ0) is 15.1. The van der Waals surface area contributed by atoms with Gasteiger partial charge in [-0.1, -0.05) is 72.3 Å². The van der Waals surface area contributed by atoms with Crippen molar-refractivity contribution in [3.05, 3.63) is 83.4 Å². The van der Waals surface area contributed by atoms with E-state index in [9.17, 15) is 10.2 Å². The van der Waals surface area contributed by atoms with Crippen LogP contribution in [0.25, 0.3) is 0 Å². The number of aliphatic hydroxyl groups excluding tert-OH is 2. The average Bonchev–Trinajstić information content (AvgIpc) is 2.54. The van der Waals surface area contributed by atoms with E-state index in [1.807, 2.05) is 73.7 Å². The van der Waals surface area contributed by atoms with Crippen molar-refractivity contribution in [2.24, 2.45) is 0 Å². The lowest BCUT2D eigenvalue weighted by atomic mass is 10.00. The highest BCUT2D eigenvalue weighted by Gasteiger charge is 2.09. The Balaban J connectivity index is 1.90. The van der Waals surface area contributed by atoms with Gasteiger partial charge in [0, 0.05) is 0 Å². The van der Waals surface area contributed by atoms with Crippen molar-refractivity contribution in [2.45, 2.75) is 32.0 Å². The molecule has 2 atom stereocenters. The minimum atomic E-state index is -0.491. The number of aliphatic hydroxyl groups is 2. The molecule has 2 nitrogen and oxygen atoms in total. The molecule has 2 rings (SSSR count). The average molecular weight is 282 g/mol. The maximum Gasteiger partial charge on any atom is 0.0827 e. The van der Waals surface area contributed by atoms with Gasteiger partial charge in [0.25, 0.3) is 0 Å². The molecule has 0 saturated heterocycles. The van der Waals surface area contributed by atoms with Crippen LogP contribution in [0.3, 0.4) is 0 Å². The van der Waals surface area contributed by atoms with Crippen LogP contribution in [0.2, 0.25) is 0 Å². The van der Waals surface area contributed by atoms with Crippen LogP contribution in [0.15, 0.2) is 72.3 Å². The first kappa shape index (κ1) is 15.5. The van der Waals surface area contributed by atoms with E-state index in [-0.39, 0.29) is 0 Å². The number of hydrogen-bond acceptors (Lipinski definition) is 2. The number of rotatable bonds is 6. The summed E-state index contributed by atoms with van der Waals surface area (Å²) in [6, 6.07) is 19.3. The van der Waals surface area contributed by atoms with Gasteiger partial charge in [0.15, 0.2) is 0 Å². The fraction of sp³-hybridized carbons (Fsp3) is 0.263. The van der Waals surface area contributed by atoms with Gasteiger partial charge in [-0.15, -0.1) is 0 Å². The molecule has 2 N–H and O–H groups in total. The fourth-order valence-electron chi connectivity index (χ4n) is 2.31. The second kappa shape index (κ2) is 7.77. The van der Waals surface area contributed by atoms with Gasteiger partial charge in [-0.05, 0) is 30.9 Å². The van der Waals surface area contributed by atoms with Crippen LogP contribution in [-0.4, -0.2) is 10.2 Å². The monoisotopic (exact) mass is 282 g/mol. The Morgan fingerprint density at radius 1 is 0.857 bits per heavy atom. The molecule has 2 unspecified atom stereocenters. The molecule has 110 valence electrons. The van der Waals surface area contributed by atoms with Crippen LogP contribution in [0.1, 0.15) is 43.1 Å². The zero-order valence-electron chi connectivity index (χ0n) is 12.3. The molecule has 0 spiro atoms. The molecular weight excluding hydrogens is 260 g/mol. The summed E-state index contributed by atoms with van der Waals surface area (Å²) >= 11 is 0. The van der Waals surface area contributed by atoms with Crippen LogP contribution < -0.4 is 0 Å². The molecule has 0 fully saturated rings. The maximum absolute atomic E-state index is 10.2. The lowest BCUT2D eigenvalue weighted by molar-refractivity contribution is 0.174. The van der Waals surface area contributed by atoms with Crippen LogP contribution in [0.4, 0.5) is 0 Å². The van der Waals surface area contributed by atoms with Gasteiger partial charge in [0.05, 0.1) is 12.2 Å². The van der Waals surface area contributed by atoms with Gasteiger partial charge < -0.3 is 10.2 Å². The molecule has 0 bridgehead atoms. The Kier molecular flexibility index (Phi) is 5.73. The highest BCUT2D eigenvalue weighted by atomic mass is 16.3. The first-order chi connectivity index (χ1) is 10.2. The van der Waals surface area contributed by atoms with Crippen molar-refractivity contribution in [3.63, 3.8) is 0 Å². The normalized spacial score (nSPS) is 14.7. The van der Waals surface area contributed by atoms with Gasteiger partial charge in [0.1, 0.15) is 0 Å². The van der Waals surface area contributed by atoms with E-state index in [4.69, 9.17) is 0 Å². The molecule has 21 heavy (non-hydrogen) atoms. The SMILES string of the molecule is C/C(=C\CC(O)c1ccccc1)CC(O)c1ccccc1. The summed E-state index contributed by atoms with van der Waals surface area (Å²) < 4.78 is 0. The molecule has 2 heteroatoms. The standard InChI is InChI=1S/C19H22O2/c1-15(14-19(21)17-10-6-3-7-11-17)12-13-18(20)16-8-4-2-5-9-16/h2-12,18-21H,13-14H2,1H3/b15-12+. The zero-order valence-corrected chi connectivity index (χ0v) is 12.3. The molecular formula is C19H22O2. The molecule has 0 saturated carbocycles. The minimum absolute atomic E-state index is 0.490. The fourth-order valence-corrected chi connectivity index (χ4v) is 2.31. The van der Waals surface area contributed by atoms with Crippen LogP contribution in [0, 0.1) is 0 Å². The minimum Gasteiger partial charge on any atom is -0.388 e. The van der Waals surface area contributed by atoms with E-state index in [0.717, 1.165) is 16.7 Å². The number of hydrogen-bond donors (Lipinski definition) is 2. The second-order valence-electron chi connectivity index (χ2n) is 5.34. The Morgan fingerprint density at radius 3 is 1.86 bits per heavy atom. The maximum atomic E-state index is 10.2. The summed E-state index contributed by atoms with van der Waals surface area (Å²) in [7, 11) is 0. The van der Waals surface area contributed by atoms with Crippen molar-refractivity contribution in [1.82, 2.24) is 0 Å². The van der Waals surface area contributed by atoms with Crippen LogP contribution >= 0.6 is 0 Å². The van der Waals surface area contributed by atoms with Crippen molar-refractivity contribution >= 4 is 0 Å². The predicted octanol–water partition coefficient (Wildman–Crippen LogP) is 4.18. The van der Waals surface area contributed by atoms with Crippen molar-refractivity contribution in [1.29, 1.82) is 0 Å². The molecule has 0 amide bonds. The lowest BCUT2D eigenvalue weighted by Crippen LogP contribution is -1.99. The quantitative estimate of drug-likeness (QED) is 0.780. The van der Waals surface area contributed by atoms with Crippen molar-refractivity contribution in [2.75, 3.05) is 0 Å². The highest BCUT2D eigenvalue weighted by Crippen LogP contribution is 2.23. The third-order valence-corrected chi connectivity index (χ3v) is 3.57. The van der Waals surface area contributed by atoms with E-state index in [2.05, 4.69) is 0 Å². The first-order valence-corrected chi connectivity index (χ1v) is 7.28. The van der Waals surface area contributed by atoms with E-state index >= 15 is 0 Å². The summed E-state index contributed by atoms with van der Waals surface area (Å²) in [4.78, 5) is 0. The van der Waals surface area contributed by atoms with Gasteiger partial charge in [-0.3, -0.25) is 0 Å². The van der Waals surface area contributed by atoms with E-state index in [1.165, 1.54) is 0 Å². The van der Waals surface area contributed by atoms with E-state index < -0.39 is 12.2 Å². The Morgan fingerprint density at radius 2 is 1.33 bits per heavy atom. The van der Waals surface area contributed by atoms with Gasteiger partial charge >= 0.3 is 0 Å². The summed E-state index contributed by atoms with van der Waals surface area (Å²) in [6.45, 7) is 1.99. The summed E-state index contributed by atoms with van der Waals surface area (Å²) in [5, 5.41) is 20.3. The third-order valence-electron chi connectivity index (χ3n) is 3.57. The van der Waals surface area contributed by atoms with Gasteiger partial charge in [0.2, 0.25) is 0 Å². The summed E-state index contributed by atoms with van der Waals surface area (Å²) in [5.74, 6) is 0. The topological polar surface area (TPSA) is 40.5 Å². The van der Waals surface area contributed by atoms with Crippen molar-refractivity contribution < 1.29 is 10.2 Å². The Hall–Kier alpha value is -1.90. The second-order valence-corrected chi connectivity index (χ2v) is 5.34. The molecule has 0 aromatic heterocycles. The van der Waals surface area contributed by atoms with Crippen LogP contribution in [0.5, 0.6) is 0 Å². The molecule has 2 aromatic carbocycles. The summed E-state index contributed by atoms with van der Waals surface area (Å²) in [6.07, 6.45) is 2.18. The van der Waals surface area contributed by atoms with Crippen molar-refractivity contribution in [3.8, 4) is 0 Å². The summed E-state index contributed by atoms with van der Waals surface area (Å²) in [5.41, 5.74) is 2.93.